The van der Waals surface area contributed by atoms with Gasteiger partial charge in [-0.2, -0.15) is 0 Å². The highest BCUT2D eigenvalue weighted by Gasteiger charge is 2.29. The third-order valence-corrected chi connectivity index (χ3v) is 3.22. The molecule has 0 saturated carbocycles. The van der Waals surface area contributed by atoms with Crippen LogP contribution < -0.4 is 19.9 Å². The maximum absolute atomic E-state index is 11.2. The average molecular weight is 288 g/mol. The van der Waals surface area contributed by atoms with E-state index in [4.69, 9.17) is 31.5 Å². The van der Waals surface area contributed by atoms with E-state index in [9.17, 15) is 9.90 Å². The zero-order valence-electron chi connectivity index (χ0n) is 10.3. The quantitative estimate of drug-likeness (QED) is 0.866. The highest BCUT2D eigenvalue weighted by molar-refractivity contribution is 6.34. The van der Waals surface area contributed by atoms with Crippen molar-refractivity contribution in [2.75, 3.05) is 26.9 Å². The van der Waals surface area contributed by atoms with Crippen molar-refractivity contribution in [2.45, 2.75) is 5.92 Å². The summed E-state index contributed by atoms with van der Waals surface area (Å²) in [7, 11) is 1.41. The van der Waals surface area contributed by atoms with E-state index in [1.807, 2.05) is 0 Å². The number of hydrogen-bond acceptors (Lipinski definition) is 5. The number of carboxylic acid groups (broad SMARTS) is 1. The van der Waals surface area contributed by atoms with Crippen LogP contribution in [0.3, 0.4) is 0 Å². The first-order chi connectivity index (χ1) is 9.10. The summed E-state index contributed by atoms with van der Waals surface area (Å²) in [6, 6.07) is 1.56. The zero-order valence-corrected chi connectivity index (χ0v) is 11.1. The lowest BCUT2D eigenvalue weighted by molar-refractivity contribution is -0.138. The molecule has 7 heteroatoms. The molecule has 0 aliphatic carbocycles. The number of aliphatic carboxylic acids is 1. The Labute approximate surface area is 115 Å². The molecule has 1 unspecified atom stereocenters. The minimum Gasteiger partial charge on any atom is -0.495 e. The number of halogens is 1. The van der Waals surface area contributed by atoms with Gasteiger partial charge in [0.25, 0.3) is 0 Å². The van der Waals surface area contributed by atoms with Crippen LogP contribution in [0.2, 0.25) is 5.02 Å². The molecule has 1 aromatic rings. The van der Waals surface area contributed by atoms with Crippen molar-refractivity contribution in [2.24, 2.45) is 5.73 Å². The summed E-state index contributed by atoms with van der Waals surface area (Å²) in [6.07, 6.45) is 0. The summed E-state index contributed by atoms with van der Waals surface area (Å²) in [4.78, 5) is 11.2. The third kappa shape index (κ3) is 2.41. The van der Waals surface area contributed by atoms with E-state index in [1.54, 1.807) is 6.07 Å². The van der Waals surface area contributed by atoms with E-state index < -0.39 is 11.9 Å². The van der Waals surface area contributed by atoms with Crippen molar-refractivity contribution in [1.29, 1.82) is 0 Å². The van der Waals surface area contributed by atoms with E-state index in [2.05, 4.69) is 0 Å². The molecule has 1 atom stereocenters. The van der Waals surface area contributed by atoms with Gasteiger partial charge in [0.1, 0.15) is 24.0 Å². The summed E-state index contributed by atoms with van der Waals surface area (Å²) >= 11 is 6.17. The van der Waals surface area contributed by atoms with Crippen LogP contribution in [0.15, 0.2) is 6.07 Å². The molecule has 1 heterocycles. The largest absolute Gasteiger partial charge is 0.495 e. The van der Waals surface area contributed by atoms with Crippen LogP contribution in [0.5, 0.6) is 17.2 Å². The van der Waals surface area contributed by atoms with Crippen LogP contribution in [0.4, 0.5) is 0 Å². The van der Waals surface area contributed by atoms with Gasteiger partial charge in [-0.1, -0.05) is 11.6 Å². The smallest absolute Gasteiger partial charge is 0.312 e. The number of carboxylic acids is 1. The van der Waals surface area contributed by atoms with Crippen LogP contribution in [-0.2, 0) is 4.79 Å². The average Bonchev–Trinajstić information content (AvgIpc) is 2.39. The fourth-order valence-electron chi connectivity index (χ4n) is 1.97. The normalized spacial score (nSPS) is 14.9. The Morgan fingerprint density at radius 2 is 2.26 bits per heavy atom. The lowest BCUT2D eigenvalue weighted by Gasteiger charge is -2.24. The van der Waals surface area contributed by atoms with Crippen LogP contribution >= 0.6 is 11.6 Å². The number of fused-ring (bicyclic) bond motifs is 1. The molecular weight excluding hydrogens is 274 g/mol. The molecule has 0 amide bonds. The van der Waals surface area contributed by atoms with Crippen LogP contribution in [-0.4, -0.2) is 37.9 Å². The lowest BCUT2D eigenvalue weighted by Crippen LogP contribution is -2.23. The highest BCUT2D eigenvalue weighted by atomic mass is 35.5. The Bertz CT molecular complexity index is 505. The maximum atomic E-state index is 11.2. The van der Waals surface area contributed by atoms with Gasteiger partial charge in [-0.05, 0) is 6.07 Å². The van der Waals surface area contributed by atoms with Crippen molar-refractivity contribution >= 4 is 17.6 Å². The SMILES string of the molecule is COc1c(C(CN)C(=O)O)cc2c(c1Cl)OCCO2. The third-order valence-electron chi connectivity index (χ3n) is 2.87. The monoisotopic (exact) mass is 287 g/mol. The predicted molar refractivity (Wildman–Crippen MR) is 68.4 cm³/mol. The molecule has 1 aliphatic rings. The number of benzene rings is 1. The van der Waals surface area contributed by atoms with E-state index in [0.29, 0.717) is 30.3 Å². The molecule has 2 rings (SSSR count). The molecule has 0 aromatic heterocycles. The topological polar surface area (TPSA) is 91.0 Å². The van der Waals surface area contributed by atoms with Crippen LogP contribution in [0.25, 0.3) is 0 Å². The molecular formula is C12H14ClNO5. The number of nitrogens with two attached hydrogens (primary N) is 1. The summed E-state index contributed by atoms with van der Waals surface area (Å²) < 4.78 is 16.0. The number of hydrogen-bond donors (Lipinski definition) is 2. The molecule has 1 aliphatic heterocycles. The van der Waals surface area contributed by atoms with Gasteiger partial charge in [0.15, 0.2) is 11.5 Å². The molecule has 1 aromatic carbocycles. The van der Waals surface area contributed by atoms with Gasteiger partial charge in [0.2, 0.25) is 0 Å². The Kier molecular flexibility index (Phi) is 4.01. The van der Waals surface area contributed by atoms with Crippen molar-refractivity contribution in [3.8, 4) is 17.2 Å². The Balaban J connectivity index is 2.59. The Morgan fingerprint density at radius 3 is 2.84 bits per heavy atom. The predicted octanol–water partition coefficient (Wildman–Crippen LogP) is 1.25. The second-order valence-corrected chi connectivity index (χ2v) is 4.34. The molecule has 0 spiro atoms. The zero-order chi connectivity index (χ0) is 14.0. The number of ether oxygens (including phenoxy) is 3. The Hall–Kier alpha value is -1.66. The first kappa shape index (κ1) is 13.8. The number of methoxy groups -OCH3 is 1. The molecule has 104 valence electrons. The van der Waals surface area contributed by atoms with Gasteiger partial charge in [0, 0.05) is 12.1 Å². The van der Waals surface area contributed by atoms with Gasteiger partial charge >= 0.3 is 5.97 Å². The lowest BCUT2D eigenvalue weighted by atomic mass is 9.97. The Morgan fingerprint density at radius 1 is 1.58 bits per heavy atom. The van der Waals surface area contributed by atoms with Crippen LogP contribution in [0, 0.1) is 0 Å². The maximum Gasteiger partial charge on any atom is 0.312 e. The number of rotatable bonds is 4. The molecule has 19 heavy (non-hydrogen) atoms. The fraction of sp³-hybridized carbons (Fsp3) is 0.417. The van der Waals surface area contributed by atoms with E-state index in [0.717, 1.165) is 0 Å². The van der Waals surface area contributed by atoms with Gasteiger partial charge in [-0.3, -0.25) is 4.79 Å². The van der Waals surface area contributed by atoms with Crippen LogP contribution in [0.1, 0.15) is 11.5 Å². The summed E-state index contributed by atoms with van der Waals surface area (Å²) in [5.41, 5.74) is 5.89. The van der Waals surface area contributed by atoms with E-state index >= 15 is 0 Å². The summed E-state index contributed by atoms with van der Waals surface area (Å²) in [5.74, 6) is -0.929. The van der Waals surface area contributed by atoms with Crippen molar-refractivity contribution < 1.29 is 24.1 Å². The number of carbonyl (C=O) groups is 1. The van der Waals surface area contributed by atoms with Gasteiger partial charge in [0.05, 0.1) is 13.0 Å². The van der Waals surface area contributed by atoms with Gasteiger partial charge in [-0.15, -0.1) is 0 Å². The molecule has 3 N–H and O–H groups in total. The minimum atomic E-state index is -1.05. The first-order valence-corrected chi connectivity index (χ1v) is 6.06. The van der Waals surface area contributed by atoms with Crippen molar-refractivity contribution in [3.63, 3.8) is 0 Å². The van der Waals surface area contributed by atoms with E-state index in [1.165, 1.54) is 7.11 Å². The summed E-state index contributed by atoms with van der Waals surface area (Å²) in [6.45, 7) is 0.700. The minimum absolute atomic E-state index is 0.0678. The van der Waals surface area contributed by atoms with E-state index in [-0.39, 0.29) is 17.3 Å². The fourth-order valence-corrected chi connectivity index (χ4v) is 2.31. The molecule has 0 saturated heterocycles. The molecule has 6 nitrogen and oxygen atoms in total. The molecule has 0 fully saturated rings. The molecule has 0 radical (unpaired) electrons. The first-order valence-electron chi connectivity index (χ1n) is 5.69. The van der Waals surface area contributed by atoms with Gasteiger partial charge in [-0.25, -0.2) is 0 Å². The summed E-state index contributed by atoms with van der Waals surface area (Å²) in [5, 5.41) is 9.39. The highest BCUT2D eigenvalue weighted by Crippen LogP contribution is 2.47. The van der Waals surface area contributed by atoms with Crippen molar-refractivity contribution in [3.05, 3.63) is 16.7 Å². The second kappa shape index (κ2) is 5.54. The molecule has 0 bridgehead atoms. The standard InChI is InChI=1S/C12H14ClNO5/c1-17-10-6(7(5-14)12(15)16)4-8-11(9(10)13)19-3-2-18-8/h4,7H,2-3,5,14H2,1H3,(H,15,16). The van der Waals surface area contributed by atoms with Gasteiger partial charge < -0.3 is 25.1 Å². The van der Waals surface area contributed by atoms with Crippen molar-refractivity contribution in [1.82, 2.24) is 0 Å². The second-order valence-electron chi connectivity index (χ2n) is 3.96.